The first-order chi connectivity index (χ1) is 7.84. The van der Waals surface area contributed by atoms with E-state index in [4.69, 9.17) is 9.47 Å². The van der Waals surface area contributed by atoms with Crippen LogP contribution in [-0.4, -0.2) is 25.3 Å². The minimum Gasteiger partial charge on any atom is -0.460 e. The van der Waals surface area contributed by atoms with Crippen LogP contribution < -0.4 is 0 Å². The van der Waals surface area contributed by atoms with E-state index in [1.807, 2.05) is 0 Å². The van der Waals surface area contributed by atoms with Crippen LogP contribution in [-0.2, 0) is 14.3 Å². The molecule has 16 heavy (non-hydrogen) atoms. The molecule has 2 bridgehead atoms. The number of hydrogen-bond acceptors (Lipinski definition) is 3. The van der Waals surface area contributed by atoms with Gasteiger partial charge in [0.15, 0.2) is 0 Å². The second kappa shape index (κ2) is 4.36. The summed E-state index contributed by atoms with van der Waals surface area (Å²) in [6.45, 7) is 1.35. The van der Waals surface area contributed by atoms with Crippen molar-refractivity contribution in [2.45, 2.75) is 44.6 Å². The lowest BCUT2D eigenvalue weighted by Crippen LogP contribution is -2.32. The maximum absolute atomic E-state index is 12.1. The van der Waals surface area contributed by atoms with Gasteiger partial charge in [-0.25, -0.2) is 0 Å². The van der Waals surface area contributed by atoms with Crippen LogP contribution in [0, 0.1) is 17.8 Å². The van der Waals surface area contributed by atoms with E-state index >= 15 is 0 Å². The summed E-state index contributed by atoms with van der Waals surface area (Å²) in [6, 6.07) is 0. The van der Waals surface area contributed by atoms with Crippen LogP contribution in [0.25, 0.3) is 0 Å². The Morgan fingerprint density at radius 2 is 1.81 bits per heavy atom. The maximum Gasteiger partial charge on any atom is 0.309 e. The van der Waals surface area contributed by atoms with Gasteiger partial charge in [-0.15, -0.1) is 0 Å². The zero-order chi connectivity index (χ0) is 11.0. The molecule has 0 N–H and O–H groups in total. The van der Waals surface area contributed by atoms with Crippen molar-refractivity contribution < 1.29 is 14.3 Å². The zero-order valence-electron chi connectivity index (χ0n) is 9.69. The number of esters is 1. The predicted octanol–water partition coefficient (Wildman–Crippen LogP) is 2.14. The molecule has 0 aromatic rings. The van der Waals surface area contributed by atoms with Gasteiger partial charge in [0.05, 0.1) is 19.1 Å². The summed E-state index contributed by atoms with van der Waals surface area (Å²) in [5.74, 6) is 1.53. The molecule has 1 heterocycles. The molecule has 3 fully saturated rings. The van der Waals surface area contributed by atoms with Crippen LogP contribution in [0.3, 0.4) is 0 Å². The number of carbonyl (C=O) groups excluding carboxylic acids is 1. The van der Waals surface area contributed by atoms with Crippen molar-refractivity contribution in [3.05, 3.63) is 0 Å². The van der Waals surface area contributed by atoms with E-state index in [9.17, 15) is 4.79 Å². The minimum atomic E-state index is 0.0360. The van der Waals surface area contributed by atoms with Gasteiger partial charge >= 0.3 is 5.97 Å². The normalized spacial score (nSPS) is 42.2. The predicted molar refractivity (Wildman–Crippen MR) is 58.9 cm³/mol. The van der Waals surface area contributed by atoms with Gasteiger partial charge in [0, 0.05) is 6.42 Å². The van der Waals surface area contributed by atoms with Gasteiger partial charge in [-0.05, 0) is 37.5 Å². The highest BCUT2D eigenvalue weighted by molar-refractivity contribution is 5.74. The fourth-order valence-electron chi connectivity index (χ4n) is 3.70. The monoisotopic (exact) mass is 224 g/mol. The summed E-state index contributed by atoms with van der Waals surface area (Å²) in [5.41, 5.74) is 0. The van der Waals surface area contributed by atoms with E-state index in [2.05, 4.69) is 0 Å². The molecule has 0 spiro atoms. The molecule has 1 aliphatic heterocycles. The number of fused-ring (bicyclic) bond motifs is 2. The molecule has 90 valence electrons. The third kappa shape index (κ3) is 1.86. The molecular weight excluding hydrogens is 204 g/mol. The second-order valence-corrected chi connectivity index (χ2v) is 5.48. The molecule has 3 nitrogen and oxygen atoms in total. The van der Waals surface area contributed by atoms with Gasteiger partial charge < -0.3 is 9.47 Å². The third-order valence-electron chi connectivity index (χ3n) is 4.52. The highest BCUT2D eigenvalue weighted by atomic mass is 16.6. The molecule has 2 aliphatic carbocycles. The lowest BCUT2D eigenvalue weighted by Gasteiger charge is -2.28. The number of rotatable bonds is 2. The van der Waals surface area contributed by atoms with Crippen molar-refractivity contribution in [3.63, 3.8) is 0 Å². The summed E-state index contributed by atoms with van der Waals surface area (Å²) in [7, 11) is 0. The standard InChI is InChI=1S/C13H20O3/c14-13(16-11-6-7-15-8-11)12-9-2-1-3-10(12)5-4-9/h9-12H,1-8H2. The molecule has 1 saturated heterocycles. The van der Waals surface area contributed by atoms with Gasteiger partial charge in [0.25, 0.3) is 0 Å². The fourth-order valence-corrected chi connectivity index (χ4v) is 3.70. The molecule has 0 aromatic heterocycles. The van der Waals surface area contributed by atoms with E-state index in [1.165, 1.54) is 32.1 Å². The molecule has 3 atom stereocenters. The molecule has 3 unspecified atom stereocenters. The van der Waals surface area contributed by atoms with Crippen LogP contribution in [0.2, 0.25) is 0 Å². The number of carbonyl (C=O) groups is 1. The second-order valence-electron chi connectivity index (χ2n) is 5.48. The van der Waals surface area contributed by atoms with Crippen molar-refractivity contribution >= 4 is 5.97 Å². The smallest absolute Gasteiger partial charge is 0.309 e. The van der Waals surface area contributed by atoms with Crippen molar-refractivity contribution in [1.29, 1.82) is 0 Å². The molecular formula is C13H20O3. The average molecular weight is 224 g/mol. The van der Waals surface area contributed by atoms with Crippen molar-refractivity contribution in [1.82, 2.24) is 0 Å². The summed E-state index contributed by atoms with van der Waals surface area (Å²) in [4.78, 5) is 12.1. The third-order valence-corrected chi connectivity index (χ3v) is 4.52. The van der Waals surface area contributed by atoms with Crippen LogP contribution in [0.5, 0.6) is 0 Å². The van der Waals surface area contributed by atoms with Gasteiger partial charge in [0.2, 0.25) is 0 Å². The topological polar surface area (TPSA) is 35.5 Å². The molecule has 2 saturated carbocycles. The van der Waals surface area contributed by atoms with E-state index in [0.717, 1.165) is 13.0 Å². The SMILES string of the molecule is O=C(OC1CCOC1)C1C2CCCC1CC2. The van der Waals surface area contributed by atoms with Crippen LogP contribution in [0.4, 0.5) is 0 Å². The number of ether oxygens (including phenoxy) is 2. The van der Waals surface area contributed by atoms with Crippen LogP contribution in [0.15, 0.2) is 0 Å². The van der Waals surface area contributed by atoms with Gasteiger partial charge in [-0.2, -0.15) is 0 Å². The quantitative estimate of drug-likeness (QED) is 0.674. The Labute approximate surface area is 96.5 Å². The number of hydrogen-bond donors (Lipinski definition) is 0. The fraction of sp³-hybridized carbons (Fsp3) is 0.923. The first-order valence-corrected chi connectivity index (χ1v) is 6.63. The average Bonchev–Trinajstić information content (AvgIpc) is 2.86. The Hall–Kier alpha value is -0.570. The first-order valence-electron chi connectivity index (χ1n) is 6.63. The lowest BCUT2D eigenvalue weighted by molar-refractivity contribution is -0.158. The Bertz CT molecular complexity index is 254. The van der Waals surface area contributed by atoms with E-state index in [-0.39, 0.29) is 18.0 Å². The van der Waals surface area contributed by atoms with Crippen LogP contribution in [0.1, 0.15) is 38.5 Å². The van der Waals surface area contributed by atoms with Crippen molar-refractivity contribution in [2.75, 3.05) is 13.2 Å². The van der Waals surface area contributed by atoms with Gasteiger partial charge in [-0.1, -0.05) is 6.42 Å². The summed E-state index contributed by atoms with van der Waals surface area (Å²) < 4.78 is 10.8. The zero-order valence-corrected chi connectivity index (χ0v) is 9.69. The van der Waals surface area contributed by atoms with Crippen molar-refractivity contribution in [2.24, 2.45) is 17.8 Å². The molecule has 0 aromatic carbocycles. The highest BCUT2D eigenvalue weighted by Crippen LogP contribution is 2.47. The maximum atomic E-state index is 12.1. The molecule has 3 aliphatic rings. The van der Waals surface area contributed by atoms with E-state index in [1.54, 1.807) is 0 Å². The highest BCUT2D eigenvalue weighted by Gasteiger charge is 2.44. The summed E-state index contributed by atoms with van der Waals surface area (Å²) in [5, 5.41) is 0. The first kappa shape index (κ1) is 10.6. The minimum absolute atomic E-state index is 0.0360. The van der Waals surface area contributed by atoms with Gasteiger partial charge in [-0.3, -0.25) is 4.79 Å². The Morgan fingerprint density at radius 3 is 2.44 bits per heavy atom. The summed E-state index contributed by atoms with van der Waals surface area (Å²) >= 11 is 0. The lowest BCUT2D eigenvalue weighted by atomic mass is 9.79. The largest absolute Gasteiger partial charge is 0.460 e. The van der Waals surface area contributed by atoms with Crippen LogP contribution >= 0.6 is 0 Å². The molecule has 0 radical (unpaired) electrons. The molecule has 3 rings (SSSR count). The van der Waals surface area contributed by atoms with E-state index < -0.39 is 0 Å². The molecule has 3 heteroatoms. The summed E-state index contributed by atoms with van der Waals surface area (Å²) in [6.07, 6.45) is 7.18. The Balaban J connectivity index is 1.61. The van der Waals surface area contributed by atoms with Crippen molar-refractivity contribution in [3.8, 4) is 0 Å². The van der Waals surface area contributed by atoms with Gasteiger partial charge in [0.1, 0.15) is 6.10 Å². The Morgan fingerprint density at radius 1 is 1.06 bits per heavy atom. The van der Waals surface area contributed by atoms with E-state index in [0.29, 0.717) is 18.4 Å². The Kier molecular flexibility index (Phi) is 2.88. The molecule has 0 amide bonds.